The van der Waals surface area contributed by atoms with E-state index >= 15 is 0 Å². The number of nitriles is 1. The van der Waals surface area contributed by atoms with Crippen molar-refractivity contribution in [2.75, 3.05) is 31.1 Å². The van der Waals surface area contributed by atoms with Gasteiger partial charge in [-0.2, -0.15) is 5.26 Å². The normalized spacial score (nSPS) is 14.1. The van der Waals surface area contributed by atoms with Crippen LogP contribution in [0.25, 0.3) is 0 Å². The summed E-state index contributed by atoms with van der Waals surface area (Å²) in [6.07, 6.45) is 0. The number of anilines is 1. The van der Waals surface area contributed by atoms with Crippen molar-refractivity contribution in [3.05, 3.63) is 64.7 Å². The summed E-state index contributed by atoms with van der Waals surface area (Å²) in [4.78, 5) is 16.3. The molecule has 0 spiro atoms. The summed E-state index contributed by atoms with van der Waals surface area (Å²) < 4.78 is 0. The van der Waals surface area contributed by atoms with Crippen LogP contribution in [-0.2, 0) is 6.54 Å². The van der Waals surface area contributed by atoms with E-state index in [4.69, 9.17) is 16.9 Å². The molecule has 5 nitrogen and oxygen atoms in total. The third-order valence-corrected chi connectivity index (χ3v) is 4.58. The molecule has 0 radical (unpaired) electrons. The van der Waals surface area contributed by atoms with E-state index in [2.05, 4.69) is 16.3 Å². The molecule has 1 fully saturated rings. The molecule has 0 bridgehead atoms. The van der Waals surface area contributed by atoms with Gasteiger partial charge in [0.05, 0.1) is 22.3 Å². The molecule has 0 atom stereocenters. The molecule has 3 rings (SSSR count). The average Bonchev–Trinajstić information content (AvgIpc) is 2.67. The van der Waals surface area contributed by atoms with Crippen LogP contribution in [0, 0.1) is 11.3 Å². The van der Waals surface area contributed by atoms with Crippen molar-refractivity contribution >= 4 is 23.3 Å². The van der Waals surface area contributed by atoms with E-state index in [9.17, 15) is 4.79 Å². The number of urea groups is 1. The Kier molecular flexibility index (Phi) is 5.42. The fourth-order valence-electron chi connectivity index (χ4n) is 2.90. The Morgan fingerprint density at radius 3 is 2.60 bits per heavy atom. The van der Waals surface area contributed by atoms with Crippen molar-refractivity contribution in [2.24, 2.45) is 0 Å². The highest BCUT2D eigenvalue weighted by atomic mass is 35.5. The Morgan fingerprint density at radius 1 is 1.12 bits per heavy atom. The minimum absolute atomic E-state index is 0.0823. The van der Waals surface area contributed by atoms with E-state index < -0.39 is 0 Å². The number of carbonyl (C=O) groups excluding carboxylic acids is 1. The van der Waals surface area contributed by atoms with Crippen LogP contribution in [0.4, 0.5) is 10.5 Å². The van der Waals surface area contributed by atoms with Crippen molar-refractivity contribution < 1.29 is 4.79 Å². The van der Waals surface area contributed by atoms with Crippen LogP contribution in [0.1, 0.15) is 11.1 Å². The summed E-state index contributed by atoms with van der Waals surface area (Å²) in [5.41, 5.74) is 2.53. The summed E-state index contributed by atoms with van der Waals surface area (Å²) in [5, 5.41) is 12.6. The van der Waals surface area contributed by atoms with Crippen LogP contribution >= 0.6 is 11.6 Å². The summed E-state index contributed by atoms with van der Waals surface area (Å²) in [6.45, 7) is 3.21. The quantitative estimate of drug-likeness (QED) is 0.920. The summed E-state index contributed by atoms with van der Waals surface area (Å²) >= 11 is 6.24. The Labute approximate surface area is 152 Å². The fourth-order valence-corrected chi connectivity index (χ4v) is 3.15. The maximum Gasteiger partial charge on any atom is 0.317 e. The van der Waals surface area contributed by atoms with Gasteiger partial charge in [0.15, 0.2) is 0 Å². The first-order valence-corrected chi connectivity index (χ1v) is 8.56. The second-order valence-electron chi connectivity index (χ2n) is 5.90. The molecule has 0 aliphatic carbocycles. The van der Waals surface area contributed by atoms with Crippen molar-refractivity contribution in [2.45, 2.75) is 6.54 Å². The maximum atomic E-state index is 12.3. The zero-order chi connectivity index (χ0) is 17.6. The Bertz CT molecular complexity index is 794. The summed E-state index contributed by atoms with van der Waals surface area (Å²) in [7, 11) is 0. The third kappa shape index (κ3) is 4.23. The molecular weight excluding hydrogens is 336 g/mol. The first-order chi connectivity index (χ1) is 12.2. The van der Waals surface area contributed by atoms with Crippen molar-refractivity contribution in [3.8, 4) is 6.07 Å². The van der Waals surface area contributed by atoms with Gasteiger partial charge in [-0.3, -0.25) is 0 Å². The van der Waals surface area contributed by atoms with Crippen LogP contribution in [-0.4, -0.2) is 37.1 Å². The highest BCUT2D eigenvalue weighted by Crippen LogP contribution is 2.25. The lowest BCUT2D eigenvalue weighted by atomic mass is 10.1. The first kappa shape index (κ1) is 17.1. The number of para-hydroxylation sites is 1. The van der Waals surface area contributed by atoms with Crippen LogP contribution in [0.15, 0.2) is 48.5 Å². The fraction of sp³-hybridized carbons (Fsp3) is 0.263. The summed E-state index contributed by atoms with van der Waals surface area (Å²) in [5.74, 6) is 0. The smallest absolute Gasteiger partial charge is 0.317 e. The molecule has 25 heavy (non-hydrogen) atoms. The molecular formula is C19H19ClN4O. The number of nitrogens with one attached hydrogen (secondary N) is 1. The van der Waals surface area contributed by atoms with Gasteiger partial charge >= 0.3 is 6.03 Å². The van der Waals surface area contributed by atoms with E-state index in [1.807, 2.05) is 41.3 Å². The van der Waals surface area contributed by atoms with E-state index in [1.165, 1.54) is 0 Å². The Balaban J connectivity index is 1.52. The lowest BCUT2D eigenvalue weighted by Gasteiger charge is -2.36. The molecule has 1 saturated heterocycles. The van der Waals surface area contributed by atoms with Crippen molar-refractivity contribution in [1.29, 1.82) is 5.26 Å². The SMILES string of the molecule is N#Cc1cccc(CNC(=O)N2CCN(c3ccccc3Cl)CC2)c1. The average molecular weight is 355 g/mol. The first-order valence-electron chi connectivity index (χ1n) is 8.18. The van der Waals surface area contributed by atoms with Gasteiger partial charge in [0.25, 0.3) is 0 Å². The van der Waals surface area contributed by atoms with Gasteiger partial charge in [0, 0.05) is 32.7 Å². The van der Waals surface area contributed by atoms with Gasteiger partial charge in [-0.15, -0.1) is 0 Å². The minimum Gasteiger partial charge on any atom is -0.367 e. The molecule has 1 aliphatic heterocycles. The standard InChI is InChI=1S/C19H19ClN4O/c20-17-6-1-2-7-18(17)23-8-10-24(11-9-23)19(25)22-14-16-5-3-4-15(12-16)13-21/h1-7,12H,8-11,14H2,(H,22,25). The second kappa shape index (κ2) is 7.91. The number of hydrogen-bond donors (Lipinski definition) is 1. The lowest BCUT2D eigenvalue weighted by molar-refractivity contribution is 0.194. The van der Waals surface area contributed by atoms with E-state index in [0.717, 1.165) is 29.4 Å². The molecule has 1 heterocycles. The van der Waals surface area contributed by atoms with Gasteiger partial charge in [-0.1, -0.05) is 35.9 Å². The number of benzene rings is 2. The Hall–Kier alpha value is -2.71. The molecule has 2 amide bonds. The van der Waals surface area contributed by atoms with Crippen LogP contribution in [0.2, 0.25) is 5.02 Å². The van der Waals surface area contributed by atoms with Crippen LogP contribution in [0.5, 0.6) is 0 Å². The lowest BCUT2D eigenvalue weighted by Crippen LogP contribution is -2.51. The third-order valence-electron chi connectivity index (χ3n) is 4.26. The van der Waals surface area contributed by atoms with Crippen molar-refractivity contribution in [1.82, 2.24) is 10.2 Å². The van der Waals surface area contributed by atoms with E-state index in [-0.39, 0.29) is 6.03 Å². The molecule has 2 aromatic carbocycles. The Morgan fingerprint density at radius 2 is 1.88 bits per heavy atom. The molecule has 1 N–H and O–H groups in total. The second-order valence-corrected chi connectivity index (χ2v) is 6.30. The number of amides is 2. The molecule has 0 saturated carbocycles. The number of halogens is 1. The van der Waals surface area contributed by atoms with Gasteiger partial charge in [-0.25, -0.2) is 4.79 Å². The molecule has 2 aromatic rings. The molecule has 128 valence electrons. The molecule has 0 aromatic heterocycles. The van der Waals surface area contributed by atoms with Crippen molar-refractivity contribution in [3.63, 3.8) is 0 Å². The predicted octanol–water partition coefficient (Wildman–Crippen LogP) is 3.24. The minimum atomic E-state index is -0.0823. The molecule has 1 aliphatic rings. The van der Waals surface area contributed by atoms with Gasteiger partial charge < -0.3 is 15.1 Å². The number of piperazine rings is 1. The van der Waals surface area contributed by atoms with Crippen LogP contribution < -0.4 is 10.2 Å². The highest BCUT2D eigenvalue weighted by Gasteiger charge is 2.22. The summed E-state index contributed by atoms with van der Waals surface area (Å²) in [6, 6.07) is 17.0. The zero-order valence-corrected chi connectivity index (χ0v) is 14.5. The number of rotatable bonds is 3. The zero-order valence-electron chi connectivity index (χ0n) is 13.8. The van der Waals surface area contributed by atoms with Gasteiger partial charge in [0.2, 0.25) is 0 Å². The van der Waals surface area contributed by atoms with Gasteiger partial charge in [-0.05, 0) is 29.8 Å². The number of carbonyl (C=O) groups is 1. The monoisotopic (exact) mass is 354 g/mol. The number of nitrogens with zero attached hydrogens (tertiary/aromatic N) is 3. The van der Waals surface area contributed by atoms with E-state index in [1.54, 1.807) is 12.1 Å². The topological polar surface area (TPSA) is 59.4 Å². The molecule has 0 unspecified atom stereocenters. The molecule has 6 heteroatoms. The largest absolute Gasteiger partial charge is 0.367 e. The van der Waals surface area contributed by atoms with Gasteiger partial charge in [0.1, 0.15) is 0 Å². The van der Waals surface area contributed by atoms with E-state index in [0.29, 0.717) is 25.2 Å². The van der Waals surface area contributed by atoms with Crippen LogP contribution in [0.3, 0.4) is 0 Å². The highest BCUT2D eigenvalue weighted by molar-refractivity contribution is 6.33. The predicted molar refractivity (Wildman–Crippen MR) is 98.6 cm³/mol. The number of hydrogen-bond acceptors (Lipinski definition) is 3. The maximum absolute atomic E-state index is 12.3.